The third-order valence-electron chi connectivity index (χ3n) is 4.88. The van der Waals surface area contributed by atoms with E-state index in [1.165, 1.54) is 17.2 Å². The zero-order valence-corrected chi connectivity index (χ0v) is 13.1. The van der Waals surface area contributed by atoms with Crippen LogP contribution >= 0.6 is 11.6 Å². The largest absolute Gasteiger partial charge is 0.377 e. The number of halogens is 2. The molecule has 1 nitrogen and oxygen atoms in total. The van der Waals surface area contributed by atoms with Crippen LogP contribution in [0.4, 0.5) is 10.1 Å². The summed E-state index contributed by atoms with van der Waals surface area (Å²) in [5, 5.41) is 4.44. The molecule has 1 heterocycles. The number of nitrogens with one attached hydrogen (secondary N) is 1. The maximum absolute atomic E-state index is 13.6. The topological polar surface area (TPSA) is 12.0 Å². The molecular weight excluding hydrogens is 297 g/mol. The van der Waals surface area contributed by atoms with Crippen LogP contribution in [-0.2, 0) is 0 Å². The van der Waals surface area contributed by atoms with Crippen molar-refractivity contribution in [1.82, 2.24) is 0 Å². The Bertz CT molecular complexity index is 768. The number of benzene rings is 2. The van der Waals surface area contributed by atoms with Crippen molar-refractivity contribution in [3.05, 3.63) is 76.1 Å². The van der Waals surface area contributed by atoms with Crippen LogP contribution in [0.1, 0.15) is 35.1 Å². The number of aryl methyl sites for hydroxylation is 1. The fourth-order valence-electron chi connectivity index (χ4n) is 3.84. The van der Waals surface area contributed by atoms with E-state index in [9.17, 15) is 4.39 Å². The summed E-state index contributed by atoms with van der Waals surface area (Å²) in [6.45, 7) is 2.09. The Balaban J connectivity index is 1.86. The molecule has 2 aromatic carbocycles. The third kappa shape index (κ3) is 2.05. The van der Waals surface area contributed by atoms with Crippen molar-refractivity contribution in [2.24, 2.45) is 5.92 Å². The lowest BCUT2D eigenvalue weighted by Crippen LogP contribution is -2.29. The molecule has 1 N–H and O–H groups in total. The number of rotatable bonds is 1. The average molecular weight is 314 g/mol. The van der Waals surface area contributed by atoms with Gasteiger partial charge in [0.15, 0.2) is 0 Å². The molecule has 1 aliphatic heterocycles. The summed E-state index contributed by atoms with van der Waals surface area (Å²) in [6, 6.07) is 11.0. The van der Waals surface area contributed by atoms with Crippen LogP contribution in [0, 0.1) is 18.7 Å². The molecule has 0 bridgehead atoms. The Labute approximate surface area is 134 Å². The molecule has 3 atom stereocenters. The van der Waals surface area contributed by atoms with Gasteiger partial charge in [0.1, 0.15) is 5.82 Å². The Kier molecular flexibility index (Phi) is 3.23. The first-order valence-electron chi connectivity index (χ1n) is 7.63. The summed E-state index contributed by atoms with van der Waals surface area (Å²) >= 11 is 6.47. The standard InChI is InChI=1S/C19H17ClFN/c1-11-8-9-16(20)17-14-6-3-7-15(14)19(22-18(11)17)12-4-2-5-13(21)10-12/h2-6,8-10,14-15,19,22H,7H2,1H3/t14-,15-,19-/m1/s1. The van der Waals surface area contributed by atoms with Crippen molar-refractivity contribution >= 4 is 17.3 Å². The van der Waals surface area contributed by atoms with Gasteiger partial charge in [0.2, 0.25) is 0 Å². The zero-order chi connectivity index (χ0) is 15.3. The van der Waals surface area contributed by atoms with Gasteiger partial charge in [0, 0.05) is 22.2 Å². The SMILES string of the molecule is Cc1ccc(Cl)c2c1N[C@H](c1cccc(F)c1)[C@@H]1CC=C[C@@H]21. The molecule has 0 fully saturated rings. The molecule has 0 saturated heterocycles. The number of hydrogen-bond donors (Lipinski definition) is 1. The minimum Gasteiger partial charge on any atom is -0.377 e. The highest BCUT2D eigenvalue weighted by Gasteiger charge is 2.39. The molecule has 0 aromatic heterocycles. The Morgan fingerprint density at radius 3 is 2.91 bits per heavy atom. The predicted molar refractivity (Wildman–Crippen MR) is 88.9 cm³/mol. The van der Waals surface area contributed by atoms with Gasteiger partial charge in [-0.25, -0.2) is 4.39 Å². The van der Waals surface area contributed by atoms with Crippen molar-refractivity contribution in [3.63, 3.8) is 0 Å². The van der Waals surface area contributed by atoms with Crippen molar-refractivity contribution in [2.75, 3.05) is 5.32 Å². The van der Waals surface area contributed by atoms with Gasteiger partial charge >= 0.3 is 0 Å². The van der Waals surface area contributed by atoms with Gasteiger partial charge < -0.3 is 5.32 Å². The number of hydrogen-bond acceptors (Lipinski definition) is 1. The predicted octanol–water partition coefficient (Wildman–Crippen LogP) is 5.61. The number of fused-ring (bicyclic) bond motifs is 3. The van der Waals surface area contributed by atoms with Crippen LogP contribution in [0.25, 0.3) is 0 Å². The second-order valence-corrected chi connectivity index (χ2v) is 6.59. The lowest BCUT2D eigenvalue weighted by molar-refractivity contribution is 0.424. The normalized spacial score (nSPS) is 25.5. The van der Waals surface area contributed by atoms with Gasteiger partial charge in [-0.3, -0.25) is 0 Å². The summed E-state index contributed by atoms with van der Waals surface area (Å²) in [7, 11) is 0. The average Bonchev–Trinajstić information content (AvgIpc) is 2.99. The molecular formula is C19H17ClFN. The quantitative estimate of drug-likeness (QED) is 0.674. The molecule has 3 heteroatoms. The third-order valence-corrected chi connectivity index (χ3v) is 5.21. The fourth-order valence-corrected chi connectivity index (χ4v) is 4.12. The maximum Gasteiger partial charge on any atom is 0.123 e. The van der Waals surface area contributed by atoms with E-state index in [2.05, 4.69) is 24.4 Å². The summed E-state index contributed by atoms with van der Waals surface area (Å²) in [5.41, 5.74) is 4.48. The van der Waals surface area contributed by atoms with Gasteiger partial charge in [0.05, 0.1) is 6.04 Å². The fraction of sp³-hybridized carbons (Fsp3) is 0.263. The minimum atomic E-state index is -0.185. The van der Waals surface area contributed by atoms with E-state index < -0.39 is 0 Å². The molecule has 112 valence electrons. The van der Waals surface area contributed by atoms with Crippen LogP contribution in [0.15, 0.2) is 48.6 Å². The lowest BCUT2D eigenvalue weighted by atomic mass is 9.76. The van der Waals surface area contributed by atoms with Gasteiger partial charge in [0.25, 0.3) is 0 Å². The zero-order valence-electron chi connectivity index (χ0n) is 12.3. The highest BCUT2D eigenvalue weighted by molar-refractivity contribution is 6.32. The van der Waals surface area contributed by atoms with Crippen LogP contribution < -0.4 is 5.32 Å². The van der Waals surface area contributed by atoms with Crippen molar-refractivity contribution in [1.29, 1.82) is 0 Å². The Morgan fingerprint density at radius 1 is 1.23 bits per heavy atom. The van der Waals surface area contributed by atoms with E-state index in [-0.39, 0.29) is 11.9 Å². The first-order chi connectivity index (χ1) is 10.6. The highest BCUT2D eigenvalue weighted by Crippen LogP contribution is 2.52. The smallest absolute Gasteiger partial charge is 0.123 e. The number of anilines is 1. The van der Waals surface area contributed by atoms with Crippen LogP contribution in [-0.4, -0.2) is 0 Å². The molecule has 0 radical (unpaired) electrons. The highest BCUT2D eigenvalue weighted by atomic mass is 35.5. The van der Waals surface area contributed by atoms with E-state index >= 15 is 0 Å². The Hall–Kier alpha value is -1.80. The second-order valence-electron chi connectivity index (χ2n) is 6.18. The summed E-state index contributed by atoms with van der Waals surface area (Å²) in [4.78, 5) is 0. The Morgan fingerprint density at radius 2 is 2.09 bits per heavy atom. The molecule has 22 heavy (non-hydrogen) atoms. The number of allylic oxidation sites excluding steroid dienone is 2. The second kappa shape index (κ2) is 5.13. The first-order valence-corrected chi connectivity index (χ1v) is 8.00. The molecule has 0 amide bonds. The minimum absolute atomic E-state index is 0.111. The maximum atomic E-state index is 13.6. The van der Waals surface area contributed by atoms with Crippen molar-refractivity contribution < 1.29 is 4.39 Å². The van der Waals surface area contributed by atoms with Crippen LogP contribution in [0.3, 0.4) is 0 Å². The van der Waals surface area contributed by atoms with Crippen LogP contribution in [0.5, 0.6) is 0 Å². The van der Waals surface area contributed by atoms with Gasteiger partial charge in [-0.2, -0.15) is 0 Å². The van der Waals surface area contributed by atoms with Crippen molar-refractivity contribution in [3.8, 4) is 0 Å². The van der Waals surface area contributed by atoms with Gasteiger partial charge in [-0.05, 0) is 48.6 Å². The van der Waals surface area contributed by atoms with E-state index in [1.54, 1.807) is 12.1 Å². The van der Waals surface area contributed by atoms with Gasteiger partial charge in [-0.1, -0.05) is 42.0 Å². The lowest BCUT2D eigenvalue weighted by Gasteiger charge is -2.38. The molecule has 1 aliphatic carbocycles. The molecule has 0 spiro atoms. The van der Waals surface area contributed by atoms with E-state index in [4.69, 9.17) is 11.6 Å². The molecule has 4 rings (SSSR count). The van der Waals surface area contributed by atoms with Crippen molar-refractivity contribution in [2.45, 2.75) is 25.3 Å². The molecule has 0 unspecified atom stereocenters. The summed E-state index contributed by atoms with van der Waals surface area (Å²) in [6.07, 6.45) is 5.46. The molecule has 2 aliphatic rings. The van der Waals surface area contributed by atoms with Crippen LogP contribution in [0.2, 0.25) is 5.02 Å². The van der Waals surface area contributed by atoms with E-state index in [0.29, 0.717) is 11.8 Å². The summed E-state index contributed by atoms with van der Waals surface area (Å²) < 4.78 is 13.6. The molecule has 2 aromatic rings. The molecule has 0 saturated carbocycles. The summed E-state index contributed by atoms with van der Waals surface area (Å²) in [5.74, 6) is 0.501. The van der Waals surface area contributed by atoms with Gasteiger partial charge in [-0.15, -0.1) is 0 Å². The van der Waals surface area contributed by atoms with E-state index in [1.807, 2.05) is 18.2 Å². The monoisotopic (exact) mass is 313 g/mol. The first kappa shape index (κ1) is 13.8. The van der Waals surface area contributed by atoms with E-state index in [0.717, 1.165) is 22.7 Å².